The molecule has 3 rings (SSSR count). The number of hydrogen-bond donors (Lipinski definition) is 0. The van der Waals surface area contributed by atoms with E-state index in [1.165, 1.54) is 5.56 Å². The summed E-state index contributed by atoms with van der Waals surface area (Å²) in [5.74, 6) is 0.640. The van der Waals surface area contributed by atoms with Crippen molar-refractivity contribution in [1.82, 2.24) is 9.80 Å². The third-order valence-electron chi connectivity index (χ3n) is 5.43. The number of nitro groups is 1. The molecule has 7 nitrogen and oxygen atoms in total. The fraction of sp³-hybridized carbons (Fsp3) is 0.409. The van der Waals surface area contributed by atoms with Gasteiger partial charge < -0.3 is 14.5 Å². The number of nitro benzene ring substituents is 1. The zero-order chi connectivity index (χ0) is 20.6. The van der Waals surface area contributed by atoms with Gasteiger partial charge in [0, 0.05) is 51.4 Å². The van der Waals surface area contributed by atoms with E-state index in [1.54, 1.807) is 19.2 Å². The third kappa shape index (κ3) is 5.76. The van der Waals surface area contributed by atoms with Crippen LogP contribution < -0.4 is 4.74 Å². The molecular formula is C22H26N4O3. The van der Waals surface area contributed by atoms with Crippen LogP contribution in [0.3, 0.4) is 0 Å². The second kappa shape index (κ2) is 10.0. The molecule has 1 aliphatic heterocycles. The predicted octanol–water partition coefficient (Wildman–Crippen LogP) is 2.88. The average molecular weight is 394 g/mol. The molecule has 152 valence electrons. The molecule has 2 aromatic rings. The molecule has 0 bridgehead atoms. The molecular weight excluding hydrogens is 368 g/mol. The number of ether oxygens (including phenoxy) is 1. The molecule has 2 aromatic carbocycles. The zero-order valence-corrected chi connectivity index (χ0v) is 16.7. The van der Waals surface area contributed by atoms with Gasteiger partial charge >= 0.3 is 0 Å². The van der Waals surface area contributed by atoms with E-state index in [0.717, 1.165) is 57.7 Å². The number of piperazine rings is 1. The molecule has 0 spiro atoms. The first-order valence-electron chi connectivity index (χ1n) is 9.84. The Bertz CT molecular complexity index is 869. The summed E-state index contributed by atoms with van der Waals surface area (Å²) >= 11 is 0. The molecule has 0 radical (unpaired) electrons. The number of nitriles is 1. The SMILES string of the molecule is COc1cc(CCN2CCN(CCc3ccc([N+](=O)[O-])cc3)CC2)ccc1C#N. The lowest BCUT2D eigenvalue weighted by atomic mass is 10.1. The van der Waals surface area contributed by atoms with Crippen molar-refractivity contribution in [2.24, 2.45) is 0 Å². The maximum atomic E-state index is 10.7. The molecule has 7 heteroatoms. The van der Waals surface area contributed by atoms with E-state index in [2.05, 4.69) is 15.9 Å². The minimum absolute atomic E-state index is 0.141. The minimum atomic E-state index is -0.364. The first-order chi connectivity index (χ1) is 14.1. The van der Waals surface area contributed by atoms with Crippen molar-refractivity contribution in [3.8, 4) is 11.8 Å². The van der Waals surface area contributed by atoms with E-state index in [1.807, 2.05) is 30.3 Å². The van der Waals surface area contributed by atoms with Crippen LogP contribution in [0.4, 0.5) is 5.69 Å². The highest BCUT2D eigenvalue weighted by atomic mass is 16.6. The molecule has 0 aliphatic carbocycles. The molecule has 0 amide bonds. The van der Waals surface area contributed by atoms with Gasteiger partial charge in [-0.3, -0.25) is 10.1 Å². The van der Waals surface area contributed by atoms with Gasteiger partial charge in [0.05, 0.1) is 17.6 Å². The molecule has 0 N–H and O–H groups in total. The topological polar surface area (TPSA) is 82.6 Å². The van der Waals surface area contributed by atoms with E-state index in [0.29, 0.717) is 11.3 Å². The van der Waals surface area contributed by atoms with Crippen molar-refractivity contribution in [3.63, 3.8) is 0 Å². The largest absolute Gasteiger partial charge is 0.495 e. The number of non-ortho nitro benzene ring substituents is 1. The van der Waals surface area contributed by atoms with Gasteiger partial charge in [0.25, 0.3) is 5.69 Å². The highest BCUT2D eigenvalue weighted by Gasteiger charge is 2.17. The van der Waals surface area contributed by atoms with Crippen LogP contribution in [-0.2, 0) is 12.8 Å². The summed E-state index contributed by atoms with van der Waals surface area (Å²) in [6, 6.07) is 14.8. The Morgan fingerprint density at radius 2 is 1.55 bits per heavy atom. The summed E-state index contributed by atoms with van der Waals surface area (Å²) in [5.41, 5.74) is 3.02. The molecule has 1 aliphatic rings. The van der Waals surface area contributed by atoms with Gasteiger partial charge in [-0.15, -0.1) is 0 Å². The van der Waals surface area contributed by atoms with Crippen molar-refractivity contribution in [3.05, 3.63) is 69.3 Å². The summed E-state index contributed by atoms with van der Waals surface area (Å²) in [6.07, 6.45) is 1.84. The van der Waals surface area contributed by atoms with Gasteiger partial charge in [0.15, 0.2) is 0 Å². The van der Waals surface area contributed by atoms with Crippen LogP contribution in [-0.4, -0.2) is 61.1 Å². The average Bonchev–Trinajstić information content (AvgIpc) is 2.77. The molecule has 0 aromatic heterocycles. The van der Waals surface area contributed by atoms with E-state index < -0.39 is 0 Å². The molecule has 0 saturated carbocycles. The normalized spacial score (nSPS) is 15.0. The monoisotopic (exact) mass is 394 g/mol. The standard InChI is InChI=1S/C22H26N4O3/c1-29-22-16-19(2-5-20(22)17-23)9-11-25-14-12-24(13-15-25)10-8-18-3-6-21(7-4-18)26(27)28/h2-7,16H,8-15H2,1H3. The van der Waals surface area contributed by atoms with Crippen LogP contribution in [0.5, 0.6) is 5.75 Å². The van der Waals surface area contributed by atoms with Crippen molar-refractivity contribution >= 4 is 5.69 Å². The summed E-state index contributed by atoms with van der Waals surface area (Å²) in [7, 11) is 1.59. The number of methoxy groups -OCH3 is 1. The maximum absolute atomic E-state index is 10.7. The third-order valence-corrected chi connectivity index (χ3v) is 5.43. The molecule has 29 heavy (non-hydrogen) atoms. The Hall–Kier alpha value is -2.95. The molecule has 0 atom stereocenters. The van der Waals surface area contributed by atoms with Crippen LogP contribution in [0.2, 0.25) is 0 Å². The fourth-order valence-electron chi connectivity index (χ4n) is 3.58. The smallest absolute Gasteiger partial charge is 0.269 e. The van der Waals surface area contributed by atoms with Crippen molar-refractivity contribution in [1.29, 1.82) is 5.26 Å². The van der Waals surface area contributed by atoms with Crippen molar-refractivity contribution < 1.29 is 9.66 Å². The van der Waals surface area contributed by atoms with Gasteiger partial charge in [-0.05, 0) is 36.1 Å². The minimum Gasteiger partial charge on any atom is -0.495 e. The maximum Gasteiger partial charge on any atom is 0.269 e. The highest BCUT2D eigenvalue weighted by Crippen LogP contribution is 2.20. The van der Waals surface area contributed by atoms with Crippen LogP contribution >= 0.6 is 0 Å². The van der Waals surface area contributed by atoms with Crippen LogP contribution in [0.15, 0.2) is 42.5 Å². The molecule has 1 saturated heterocycles. The van der Waals surface area contributed by atoms with Gasteiger partial charge in [-0.1, -0.05) is 18.2 Å². The summed E-state index contributed by atoms with van der Waals surface area (Å²) in [6.45, 7) is 6.10. The lowest BCUT2D eigenvalue weighted by Crippen LogP contribution is -2.47. The summed E-state index contributed by atoms with van der Waals surface area (Å²) < 4.78 is 5.29. The Balaban J connectivity index is 1.40. The summed E-state index contributed by atoms with van der Waals surface area (Å²) in [5, 5.41) is 19.8. The lowest BCUT2D eigenvalue weighted by molar-refractivity contribution is -0.384. The van der Waals surface area contributed by atoms with Gasteiger partial charge in [0.2, 0.25) is 0 Å². The zero-order valence-electron chi connectivity index (χ0n) is 16.7. The predicted molar refractivity (Wildman–Crippen MR) is 111 cm³/mol. The van der Waals surface area contributed by atoms with E-state index in [9.17, 15) is 10.1 Å². The second-order valence-electron chi connectivity index (χ2n) is 7.25. The van der Waals surface area contributed by atoms with E-state index in [4.69, 9.17) is 10.00 Å². The molecule has 1 heterocycles. The Kier molecular flexibility index (Phi) is 7.17. The number of hydrogen-bond acceptors (Lipinski definition) is 6. The Morgan fingerprint density at radius 1 is 1.00 bits per heavy atom. The van der Waals surface area contributed by atoms with E-state index >= 15 is 0 Å². The van der Waals surface area contributed by atoms with Crippen molar-refractivity contribution in [2.45, 2.75) is 12.8 Å². The second-order valence-corrected chi connectivity index (χ2v) is 7.25. The fourth-order valence-corrected chi connectivity index (χ4v) is 3.58. The van der Waals surface area contributed by atoms with Crippen LogP contribution in [0.25, 0.3) is 0 Å². The number of rotatable bonds is 8. The Morgan fingerprint density at radius 3 is 2.07 bits per heavy atom. The van der Waals surface area contributed by atoms with Gasteiger partial charge in [-0.25, -0.2) is 0 Å². The first kappa shape index (κ1) is 20.8. The molecule has 0 unspecified atom stereocenters. The first-order valence-corrected chi connectivity index (χ1v) is 9.84. The van der Waals surface area contributed by atoms with Crippen molar-refractivity contribution in [2.75, 3.05) is 46.4 Å². The number of nitrogens with zero attached hydrogens (tertiary/aromatic N) is 4. The number of benzene rings is 2. The quantitative estimate of drug-likeness (QED) is 0.506. The molecule has 1 fully saturated rings. The van der Waals surface area contributed by atoms with Gasteiger partial charge in [0.1, 0.15) is 11.8 Å². The van der Waals surface area contributed by atoms with Crippen LogP contribution in [0, 0.1) is 21.4 Å². The van der Waals surface area contributed by atoms with E-state index in [-0.39, 0.29) is 10.6 Å². The van der Waals surface area contributed by atoms with Gasteiger partial charge in [-0.2, -0.15) is 5.26 Å². The highest BCUT2D eigenvalue weighted by molar-refractivity contribution is 5.45. The van der Waals surface area contributed by atoms with Crippen LogP contribution in [0.1, 0.15) is 16.7 Å². The lowest BCUT2D eigenvalue weighted by Gasteiger charge is -2.34. The Labute approximate surface area is 171 Å². The summed E-state index contributed by atoms with van der Waals surface area (Å²) in [4.78, 5) is 15.3.